The third-order valence-electron chi connectivity index (χ3n) is 5.99. The molecule has 1 N–H and O–H groups in total. The third-order valence-corrected chi connectivity index (χ3v) is 5.99. The number of pyridine rings is 1. The minimum Gasteiger partial charge on any atom is -0.343 e. The number of carbonyl (C=O) groups excluding carboxylic acids is 2. The van der Waals surface area contributed by atoms with Gasteiger partial charge in [-0.3, -0.25) is 9.78 Å². The summed E-state index contributed by atoms with van der Waals surface area (Å²) >= 11 is 0. The molecule has 6 nitrogen and oxygen atoms in total. The molecule has 0 spiro atoms. The molecule has 2 fully saturated rings. The highest BCUT2D eigenvalue weighted by Gasteiger charge is 2.31. The van der Waals surface area contributed by atoms with E-state index in [0.29, 0.717) is 31.6 Å². The number of amides is 3. The van der Waals surface area contributed by atoms with Crippen molar-refractivity contribution in [3.8, 4) is 0 Å². The van der Waals surface area contributed by atoms with Crippen LogP contribution in [-0.4, -0.2) is 52.9 Å². The largest absolute Gasteiger partial charge is 0.343 e. The number of likely N-dealkylation sites (tertiary alicyclic amines) is 2. The first-order valence-corrected chi connectivity index (χ1v) is 10.6. The Labute approximate surface area is 176 Å². The lowest BCUT2D eigenvalue weighted by molar-refractivity contribution is -0.126. The van der Waals surface area contributed by atoms with Crippen molar-refractivity contribution in [1.29, 1.82) is 0 Å². The van der Waals surface area contributed by atoms with Crippen molar-refractivity contribution in [2.75, 3.05) is 26.2 Å². The minimum atomic E-state index is -0.441. The Kier molecular flexibility index (Phi) is 6.26. The van der Waals surface area contributed by atoms with E-state index in [1.54, 1.807) is 18.3 Å². The maximum atomic E-state index is 13.4. The maximum Gasteiger partial charge on any atom is 0.319 e. The average molecular weight is 410 g/mol. The standard InChI is InChI=1S/C23H27FN4O2/c24-19-8-6-17(7-9-19)21(20-5-1-2-12-25-20)26-22(29)18-10-15-28(16-11-18)23(30)27-13-3-4-14-27/h1-2,5-9,12,18,21H,3-4,10-11,13-16H2,(H,26,29). The van der Waals surface area contributed by atoms with E-state index in [0.717, 1.165) is 31.5 Å². The van der Waals surface area contributed by atoms with Crippen molar-refractivity contribution in [2.24, 2.45) is 5.92 Å². The first kappa shape index (κ1) is 20.3. The van der Waals surface area contributed by atoms with Gasteiger partial charge in [0.2, 0.25) is 5.91 Å². The van der Waals surface area contributed by atoms with Crippen LogP contribution in [0.25, 0.3) is 0 Å². The molecule has 1 aromatic heterocycles. The van der Waals surface area contributed by atoms with E-state index in [9.17, 15) is 14.0 Å². The second-order valence-electron chi connectivity index (χ2n) is 7.99. The second kappa shape index (κ2) is 9.24. The van der Waals surface area contributed by atoms with Gasteiger partial charge in [-0.05, 0) is 55.5 Å². The molecule has 7 heteroatoms. The van der Waals surface area contributed by atoms with Gasteiger partial charge in [-0.1, -0.05) is 18.2 Å². The predicted molar refractivity (Wildman–Crippen MR) is 111 cm³/mol. The van der Waals surface area contributed by atoms with Gasteiger partial charge in [0.1, 0.15) is 5.82 Å². The molecule has 158 valence electrons. The highest BCUT2D eigenvalue weighted by atomic mass is 19.1. The quantitative estimate of drug-likeness (QED) is 0.841. The minimum absolute atomic E-state index is 0.0525. The van der Waals surface area contributed by atoms with Gasteiger partial charge in [-0.15, -0.1) is 0 Å². The molecule has 1 unspecified atom stereocenters. The maximum absolute atomic E-state index is 13.4. The number of hydrogen-bond donors (Lipinski definition) is 1. The monoisotopic (exact) mass is 410 g/mol. The summed E-state index contributed by atoms with van der Waals surface area (Å²) < 4.78 is 13.4. The van der Waals surface area contributed by atoms with Crippen LogP contribution in [0, 0.1) is 11.7 Å². The lowest BCUT2D eigenvalue weighted by atomic mass is 9.94. The number of urea groups is 1. The van der Waals surface area contributed by atoms with Gasteiger partial charge in [0, 0.05) is 38.3 Å². The molecule has 1 aromatic carbocycles. The average Bonchev–Trinajstić information content (AvgIpc) is 3.33. The zero-order valence-corrected chi connectivity index (χ0v) is 17.0. The molecular weight excluding hydrogens is 383 g/mol. The predicted octanol–water partition coefficient (Wildman–Crippen LogP) is 3.35. The molecule has 3 heterocycles. The Morgan fingerprint density at radius 2 is 1.63 bits per heavy atom. The summed E-state index contributed by atoms with van der Waals surface area (Å²) in [7, 11) is 0. The van der Waals surface area contributed by atoms with Gasteiger partial charge in [-0.25, -0.2) is 9.18 Å². The van der Waals surface area contributed by atoms with Crippen LogP contribution in [0.5, 0.6) is 0 Å². The summed E-state index contributed by atoms with van der Waals surface area (Å²) in [6.07, 6.45) is 5.11. The van der Waals surface area contributed by atoms with Crippen molar-refractivity contribution in [2.45, 2.75) is 31.7 Å². The van der Waals surface area contributed by atoms with Crippen LogP contribution < -0.4 is 5.32 Å². The van der Waals surface area contributed by atoms with Gasteiger partial charge in [-0.2, -0.15) is 0 Å². The molecule has 30 heavy (non-hydrogen) atoms. The molecule has 2 aliphatic heterocycles. The van der Waals surface area contributed by atoms with E-state index in [1.807, 2.05) is 28.0 Å². The number of nitrogens with one attached hydrogen (secondary N) is 1. The van der Waals surface area contributed by atoms with Crippen molar-refractivity contribution in [3.05, 3.63) is 65.7 Å². The Morgan fingerprint density at radius 1 is 0.967 bits per heavy atom. The highest BCUT2D eigenvalue weighted by molar-refractivity contribution is 5.80. The fraction of sp³-hybridized carbons (Fsp3) is 0.435. The van der Waals surface area contributed by atoms with Crippen LogP contribution >= 0.6 is 0 Å². The summed E-state index contributed by atoms with van der Waals surface area (Å²) in [6.45, 7) is 2.86. The van der Waals surface area contributed by atoms with Crippen LogP contribution in [0.1, 0.15) is 43.0 Å². The molecule has 0 bridgehead atoms. The number of aromatic nitrogens is 1. The smallest absolute Gasteiger partial charge is 0.319 e. The lowest BCUT2D eigenvalue weighted by Crippen LogP contribution is -2.48. The van der Waals surface area contributed by atoms with E-state index in [1.165, 1.54) is 12.1 Å². The van der Waals surface area contributed by atoms with Crippen molar-refractivity contribution in [1.82, 2.24) is 20.1 Å². The second-order valence-corrected chi connectivity index (χ2v) is 7.99. The molecule has 2 aliphatic rings. The molecule has 0 saturated carbocycles. The number of benzene rings is 1. The highest BCUT2D eigenvalue weighted by Crippen LogP contribution is 2.24. The number of rotatable bonds is 4. The zero-order valence-electron chi connectivity index (χ0n) is 17.0. The number of nitrogens with zero attached hydrogens (tertiary/aromatic N) is 3. The number of carbonyl (C=O) groups is 2. The molecule has 0 radical (unpaired) electrons. The van der Waals surface area contributed by atoms with E-state index in [2.05, 4.69) is 10.3 Å². The van der Waals surface area contributed by atoms with Crippen LogP contribution in [0.4, 0.5) is 9.18 Å². The number of halogens is 1. The summed E-state index contributed by atoms with van der Waals surface area (Å²) in [4.78, 5) is 33.8. The van der Waals surface area contributed by atoms with Gasteiger partial charge in [0.25, 0.3) is 0 Å². The molecular formula is C23H27FN4O2. The van der Waals surface area contributed by atoms with Crippen LogP contribution in [0.3, 0.4) is 0 Å². The molecule has 0 aliphatic carbocycles. The topological polar surface area (TPSA) is 65.5 Å². The fourth-order valence-electron chi connectivity index (χ4n) is 4.23. The zero-order chi connectivity index (χ0) is 20.9. The summed E-state index contributed by atoms with van der Waals surface area (Å²) in [5.74, 6) is -0.526. The molecule has 1 atom stereocenters. The SMILES string of the molecule is O=C(NC(c1ccc(F)cc1)c1ccccn1)C1CCN(C(=O)N2CCCC2)CC1. The van der Waals surface area contributed by atoms with Gasteiger partial charge >= 0.3 is 6.03 Å². The van der Waals surface area contributed by atoms with Gasteiger partial charge < -0.3 is 15.1 Å². The van der Waals surface area contributed by atoms with Crippen molar-refractivity contribution < 1.29 is 14.0 Å². The Morgan fingerprint density at radius 3 is 2.27 bits per heavy atom. The van der Waals surface area contributed by atoms with E-state index < -0.39 is 6.04 Å². The van der Waals surface area contributed by atoms with E-state index in [-0.39, 0.29) is 23.7 Å². The van der Waals surface area contributed by atoms with Gasteiger partial charge in [0.05, 0.1) is 11.7 Å². The van der Waals surface area contributed by atoms with Gasteiger partial charge in [0.15, 0.2) is 0 Å². The Hall–Kier alpha value is -2.96. The van der Waals surface area contributed by atoms with Crippen LogP contribution in [0.2, 0.25) is 0 Å². The lowest BCUT2D eigenvalue weighted by Gasteiger charge is -2.34. The molecule has 2 saturated heterocycles. The Balaban J connectivity index is 1.40. The van der Waals surface area contributed by atoms with E-state index in [4.69, 9.17) is 0 Å². The summed E-state index contributed by atoms with van der Waals surface area (Å²) in [5, 5.41) is 3.10. The van der Waals surface area contributed by atoms with Crippen molar-refractivity contribution >= 4 is 11.9 Å². The summed E-state index contributed by atoms with van der Waals surface area (Å²) in [5.41, 5.74) is 1.49. The van der Waals surface area contributed by atoms with Crippen molar-refractivity contribution in [3.63, 3.8) is 0 Å². The summed E-state index contributed by atoms with van der Waals surface area (Å²) in [6, 6.07) is 11.3. The Bertz CT molecular complexity index is 861. The normalized spacial score (nSPS) is 18.3. The first-order valence-electron chi connectivity index (χ1n) is 10.6. The van der Waals surface area contributed by atoms with E-state index >= 15 is 0 Å². The number of hydrogen-bond acceptors (Lipinski definition) is 3. The van der Waals surface area contributed by atoms with Crippen LogP contribution in [-0.2, 0) is 4.79 Å². The molecule has 4 rings (SSSR count). The first-order chi connectivity index (χ1) is 14.6. The molecule has 2 aromatic rings. The third kappa shape index (κ3) is 4.61. The fourth-order valence-corrected chi connectivity index (χ4v) is 4.23. The van der Waals surface area contributed by atoms with Crippen LogP contribution in [0.15, 0.2) is 48.7 Å². The molecule has 3 amide bonds. The number of piperidine rings is 1.